The van der Waals surface area contributed by atoms with Crippen molar-refractivity contribution in [1.29, 1.82) is 0 Å². The van der Waals surface area contributed by atoms with Gasteiger partial charge in [0.15, 0.2) is 0 Å². The van der Waals surface area contributed by atoms with Crippen LogP contribution in [0.25, 0.3) is 0 Å². The second kappa shape index (κ2) is 6.66. The first-order valence-electron chi connectivity index (χ1n) is 8.50. The van der Waals surface area contributed by atoms with Crippen molar-refractivity contribution in [2.45, 2.75) is 63.5 Å². The summed E-state index contributed by atoms with van der Waals surface area (Å²) in [5.74, 6) is -0.0873. The van der Waals surface area contributed by atoms with Crippen molar-refractivity contribution in [3.63, 3.8) is 0 Å². The summed E-state index contributed by atoms with van der Waals surface area (Å²) in [4.78, 5) is 16.3. The van der Waals surface area contributed by atoms with E-state index in [1.165, 1.54) is 25.7 Å². The molecule has 3 unspecified atom stereocenters. The monoisotopic (exact) mass is 296 g/mol. The van der Waals surface area contributed by atoms with E-state index >= 15 is 0 Å². The lowest BCUT2D eigenvalue weighted by Gasteiger charge is -2.51. The summed E-state index contributed by atoms with van der Waals surface area (Å²) in [6.07, 6.45) is 7.94. The summed E-state index contributed by atoms with van der Waals surface area (Å²) in [7, 11) is 6.47. The number of carboxylic acid groups (broad SMARTS) is 1. The van der Waals surface area contributed by atoms with Crippen molar-refractivity contribution < 1.29 is 9.90 Å². The van der Waals surface area contributed by atoms with Gasteiger partial charge in [0.1, 0.15) is 0 Å². The van der Waals surface area contributed by atoms with Crippen LogP contribution in [0.3, 0.4) is 0 Å². The van der Waals surface area contributed by atoms with Crippen LogP contribution in [0.2, 0.25) is 0 Å². The molecule has 4 heteroatoms. The molecule has 0 amide bonds. The summed E-state index contributed by atoms with van der Waals surface area (Å²) < 4.78 is 0. The average molecular weight is 296 g/mol. The summed E-state index contributed by atoms with van der Waals surface area (Å²) in [5.41, 5.74) is 0.275. The Morgan fingerprint density at radius 3 is 2.33 bits per heavy atom. The van der Waals surface area contributed by atoms with Crippen LogP contribution in [-0.4, -0.2) is 60.1 Å². The molecule has 3 atom stereocenters. The fraction of sp³-hybridized carbons (Fsp3) is 0.941. The van der Waals surface area contributed by atoms with Gasteiger partial charge in [0.05, 0.1) is 5.92 Å². The number of nitrogens with zero attached hydrogens (tertiary/aromatic N) is 2. The molecule has 0 spiro atoms. The first-order valence-corrected chi connectivity index (χ1v) is 8.50. The molecule has 0 aromatic heterocycles. The molecular weight excluding hydrogens is 264 g/mol. The Balaban J connectivity index is 2.06. The second-order valence-corrected chi connectivity index (χ2v) is 7.49. The fourth-order valence-electron chi connectivity index (χ4n) is 4.29. The van der Waals surface area contributed by atoms with Crippen molar-refractivity contribution in [3.8, 4) is 0 Å². The van der Waals surface area contributed by atoms with Gasteiger partial charge in [-0.15, -0.1) is 0 Å². The fourth-order valence-corrected chi connectivity index (χ4v) is 4.29. The molecule has 2 aliphatic rings. The molecule has 0 saturated heterocycles. The predicted molar refractivity (Wildman–Crippen MR) is 85.4 cm³/mol. The van der Waals surface area contributed by atoms with Crippen LogP contribution in [0.15, 0.2) is 0 Å². The molecule has 2 aliphatic carbocycles. The Hall–Kier alpha value is -0.610. The molecule has 0 aromatic rings. The van der Waals surface area contributed by atoms with E-state index in [-0.39, 0.29) is 17.5 Å². The summed E-state index contributed by atoms with van der Waals surface area (Å²) in [5, 5.41) is 9.56. The molecule has 2 rings (SSSR count). The van der Waals surface area contributed by atoms with Gasteiger partial charge in [0.25, 0.3) is 0 Å². The average Bonchev–Trinajstić information content (AvgIpc) is 2.41. The normalized spacial score (nSPS) is 32.2. The summed E-state index contributed by atoms with van der Waals surface area (Å²) in [6.45, 7) is 3.24. The Morgan fingerprint density at radius 2 is 1.90 bits per heavy atom. The maximum Gasteiger partial charge on any atom is 0.308 e. The second-order valence-electron chi connectivity index (χ2n) is 7.49. The molecule has 0 aliphatic heterocycles. The van der Waals surface area contributed by atoms with Gasteiger partial charge in [-0.05, 0) is 65.6 Å². The topological polar surface area (TPSA) is 43.8 Å². The van der Waals surface area contributed by atoms with Gasteiger partial charge < -0.3 is 14.9 Å². The zero-order chi connectivity index (χ0) is 15.6. The van der Waals surface area contributed by atoms with Gasteiger partial charge in [-0.3, -0.25) is 4.79 Å². The zero-order valence-corrected chi connectivity index (χ0v) is 14.1. The molecule has 0 heterocycles. The molecule has 21 heavy (non-hydrogen) atoms. The van der Waals surface area contributed by atoms with Crippen molar-refractivity contribution in [2.24, 2.45) is 11.8 Å². The van der Waals surface area contributed by atoms with Crippen LogP contribution in [0.5, 0.6) is 0 Å². The van der Waals surface area contributed by atoms with E-state index in [0.29, 0.717) is 5.92 Å². The smallest absolute Gasteiger partial charge is 0.308 e. The number of carboxylic acids is 1. The Kier molecular flexibility index (Phi) is 5.31. The lowest BCUT2D eigenvalue weighted by Crippen LogP contribution is -2.59. The third kappa shape index (κ3) is 3.42. The number of carbonyl (C=O) groups is 1. The minimum Gasteiger partial charge on any atom is -0.481 e. The van der Waals surface area contributed by atoms with E-state index in [2.05, 4.69) is 37.9 Å². The molecular formula is C17H32N2O2. The van der Waals surface area contributed by atoms with E-state index in [4.69, 9.17) is 0 Å². The van der Waals surface area contributed by atoms with Crippen molar-refractivity contribution >= 4 is 5.97 Å². The van der Waals surface area contributed by atoms with E-state index in [0.717, 1.165) is 25.8 Å². The number of hydrogen-bond acceptors (Lipinski definition) is 3. The molecule has 0 bridgehead atoms. The minimum absolute atomic E-state index is 0.183. The largest absolute Gasteiger partial charge is 0.481 e. The molecule has 4 nitrogen and oxygen atoms in total. The van der Waals surface area contributed by atoms with Crippen LogP contribution >= 0.6 is 0 Å². The maximum atomic E-state index is 11.6. The van der Waals surface area contributed by atoms with Gasteiger partial charge in [0, 0.05) is 18.1 Å². The van der Waals surface area contributed by atoms with Gasteiger partial charge in [-0.1, -0.05) is 13.3 Å². The van der Waals surface area contributed by atoms with E-state index in [1.807, 2.05) is 0 Å². The highest BCUT2D eigenvalue weighted by Crippen LogP contribution is 2.39. The van der Waals surface area contributed by atoms with Gasteiger partial charge in [-0.25, -0.2) is 0 Å². The predicted octanol–water partition coefficient (Wildman–Crippen LogP) is 2.68. The number of likely N-dealkylation sites (N-methyl/N-ethyl adjacent to an activating group) is 2. The molecule has 2 saturated carbocycles. The zero-order valence-electron chi connectivity index (χ0n) is 14.1. The van der Waals surface area contributed by atoms with Crippen LogP contribution < -0.4 is 0 Å². The third-order valence-corrected chi connectivity index (χ3v) is 6.16. The van der Waals surface area contributed by atoms with Gasteiger partial charge in [0.2, 0.25) is 0 Å². The number of hydrogen-bond donors (Lipinski definition) is 1. The lowest BCUT2D eigenvalue weighted by molar-refractivity contribution is -0.146. The van der Waals surface area contributed by atoms with E-state index in [9.17, 15) is 9.90 Å². The van der Waals surface area contributed by atoms with E-state index < -0.39 is 5.97 Å². The molecule has 0 radical (unpaired) electrons. The van der Waals surface area contributed by atoms with E-state index in [1.54, 1.807) is 0 Å². The van der Waals surface area contributed by atoms with Crippen LogP contribution in [0.4, 0.5) is 0 Å². The number of aliphatic carboxylic acids is 1. The lowest BCUT2D eigenvalue weighted by atomic mass is 9.73. The SMILES string of the molecule is CCC1CCC(C(=O)O)C(N(C)CC2(N(C)C)CCC2)C1. The Bertz CT molecular complexity index is 366. The highest BCUT2D eigenvalue weighted by molar-refractivity contribution is 5.71. The van der Waals surface area contributed by atoms with Crippen molar-refractivity contribution in [1.82, 2.24) is 9.80 Å². The first kappa shape index (κ1) is 16.8. The molecule has 2 fully saturated rings. The molecule has 0 aromatic carbocycles. The van der Waals surface area contributed by atoms with Gasteiger partial charge >= 0.3 is 5.97 Å². The quantitative estimate of drug-likeness (QED) is 0.818. The Morgan fingerprint density at radius 1 is 1.24 bits per heavy atom. The maximum absolute atomic E-state index is 11.6. The highest BCUT2D eigenvalue weighted by Gasteiger charge is 2.43. The highest BCUT2D eigenvalue weighted by atomic mass is 16.4. The first-order chi connectivity index (χ1) is 9.89. The van der Waals surface area contributed by atoms with Crippen LogP contribution in [0, 0.1) is 11.8 Å². The minimum atomic E-state index is -0.603. The number of rotatable bonds is 6. The summed E-state index contributed by atoms with van der Waals surface area (Å²) >= 11 is 0. The molecule has 122 valence electrons. The standard InChI is InChI=1S/C17H32N2O2/c1-5-13-7-8-14(16(20)21)15(11-13)19(4)12-17(18(2)3)9-6-10-17/h13-15H,5-12H2,1-4H3,(H,20,21). The van der Waals surface area contributed by atoms with Crippen molar-refractivity contribution in [2.75, 3.05) is 27.7 Å². The third-order valence-electron chi connectivity index (χ3n) is 6.16. The van der Waals surface area contributed by atoms with Crippen LogP contribution in [0.1, 0.15) is 51.9 Å². The summed E-state index contributed by atoms with van der Waals surface area (Å²) in [6, 6.07) is 0.207. The van der Waals surface area contributed by atoms with Crippen molar-refractivity contribution in [3.05, 3.63) is 0 Å². The van der Waals surface area contributed by atoms with Crippen LogP contribution in [-0.2, 0) is 4.79 Å². The Labute approximate surface area is 129 Å². The van der Waals surface area contributed by atoms with Gasteiger partial charge in [-0.2, -0.15) is 0 Å². The molecule has 1 N–H and O–H groups in total.